The molecule has 1 heterocycles. The molecule has 0 aliphatic heterocycles. The van der Waals surface area contributed by atoms with Gasteiger partial charge in [-0.1, -0.05) is 0 Å². The number of halogens is 1. The van der Waals surface area contributed by atoms with Gasteiger partial charge < -0.3 is 5.73 Å². The number of fused-ring (bicyclic) bond motifs is 1. The van der Waals surface area contributed by atoms with E-state index < -0.39 is 6.03 Å². The fraction of sp³-hybridized carbons (Fsp3) is 0.273. The number of carbonyl (C=O) groups is 1. The summed E-state index contributed by atoms with van der Waals surface area (Å²) in [5.74, 6) is 0.0178. The number of carbonyl (C=O) groups excluding carboxylic acids is 1. The van der Waals surface area contributed by atoms with Gasteiger partial charge in [0.1, 0.15) is 5.82 Å². The Kier molecular flexibility index (Phi) is 2.71. The molecule has 90 valence electrons. The summed E-state index contributed by atoms with van der Waals surface area (Å²) < 4.78 is 14.8. The zero-order valence-corrected chi connectivity index (χ0v) is 9.64. The van der Waals surface area contributed by atoms with Crippen molar-refractivity contribution in [3.8, 4) is 0 Å². The van der Waals surface area contributed by atoms with Crippen LogP contribution in [0.5, 0.6) is 0 Å². The summed E-state index contributed by atoms with van der Waals surface area (Å²) in [6.07, 6.45) is 0. The van der Waals surface area contributed by atoms with Gasteiger partial charge in [-0.15, -0.1) is 0 Å². The molecular weight excluding hydrogens is 223 g/mol. The number of hydrogen-bond donors (Lipinski definition) is 1. The summed E-state index contributed by atoms with van der Waals surface area (Å²) in [5, 5.41) is 4.78. The average molecular weight is 236 g/mol. The molecule has 0 unspecified atom stereocenters. The van der Waals surface area contributed by atoms with Crippen LogP contribution in [0.3, 0.4) is 0 Å². The maximum Gasteiger partial charge on any atom is 0.320 e. The molecule has 5 nitrogen and oxygen atoms in total. The standard InChI is InChI=1S/C11H13FN4O/c1-3-16(11(13)17)10-8-6-7(12)4-5-9(8)15(2)14-10/h4-6H,3H2,1-2H3,(H2,13,17). The predicted octanol–water partition coefficient (Wildman–Crippen LogP) is 1.62. The first kappa shape index (κ1) is 11.4. The van der Waals surface area contributed by atoms with E-state index in [1.807, 2.05) is 0 Å². The Labute approximate surface area is 97.6 Å². The molecule has 2 rings (SSSR count). The number of urea groups is 1. The van der Waals surface area contributed by atoms with E-state index in [1.165, 1.54) is 17.0 Å². The van der Waals surface area contributed by atoms with Crippen molar-refractivity contribution in [2.24, 2.45) is 12.8 Å². The van der Waals surface area contributed by atoms with Gasteiger partial charge >= 0.3 is 6.03 Å². The molecule has 2 aromatic rings. The van der Waals surface area contributed by atoms with E-state index in [4.69, 9.17) is 5.73 Å². The predicted molar refractivity (Wildman–Crippen MR) is 63.3 cm³/mol. The molecule has 1 aromatic heterocycles. The van der Waals surface area contributed by atoms with Crippen LogP contribution >= 0.6 is 0 Å². The van der Waals surface area contributed by atoms with Gasteiger partial charge in [0, 0.05) is 19.0 Å². The monoisotopic (exact) mass is 236 g/mol. The van der Waals surface area contributed by atoms with Crippen molar-refractivity contribution in [1.29, 1.82) is 0 Å². The third kappa shape index (κ3) is 1.82. The lowest BCUT2D eigenvalue weighted by molar-refractivity contribution is 0.254. The molecule has 17 heavy (non-hydrogen) atoms. The Balaban J connectivity index is 2.68. The van der Waals surface area contributed by atoms with Gasteiger partial charge in [-0.25, -0.2) is 9.18 Å². The lowest BCUT2D eigenvalue weighted by atomic mass is 10.2. The molecule has 0 spiro atoms. The van der Waals surface area contributed by atoms with Crippen LogP contribution in [0.25, 0.3) is 10.9 Å². The fourth-order valence-corrected chi connectivity index (χ4v) is 1.83. The molecule has 1 aromatic carbocycles. The molecular formula is C11H13FN4O. The van der Waals surface area contributed by atoms with Crippen LogP contribution in [0.1, 0.15) is 6.92 Å². The van der Waals surface area contributed by atoms with Gasteiger partial charge in [0.15, 0.2) is 5.82 Å². The van der Waals surface area contributed by atoms with Crippen molar-refractivity contribution in [3.05, 3.63) is 24.0 Å². The van der Waals surface area contributed by atoms with E-state index in [-0.39, 0.29) is 5.82 Å². The summed E-state index contributed by atoms with van der Waals surface area (Å²) in [5.41, 5.74) is 6.01. The molecule has 0 saturated carbocycles. The number of aryl methyl sites for hydroxylation is 1. The summed E-state index contributed by atoms with van der Waals surface area (Å²) in [7, 11) is 1.73. The van der Waals surface area contributed by atoms with Crippen LogP contribution in [0.4, 0.5) is 15.0 Å². The van der Waals surface area contributed by atoms with Crippen molar-refractivity contribution >= 4 is 22.8 Å². The number of anilines is 1. The largest absolute Gasteiger partial charge is 0.351 e. The van der Waals surface area contributed by atoms with Crippen molar-refractivity contribution in [2.75, 3.05) is 11.4 Å². The molecule has 2 N–H and O–H groups in total. The Hall–Kier alpha value is -2.11. The van der Waals surface area contributed by atoms with Crippen LogP contribution in [0, 0.1) is 5.82 Å². The van der Waals surface area contributed by atoms with Crippen molar-refractivity contribution in [1.82, 2.24) is 9.78 Å². The summed E-state index contributed by atoms with van der Waals surface area (Å²) in [4.78, 5) is 12.6. The second-order valence-electron chi connectivity index (χ2n) is 3.69. The number of nitrogens with zero attached hydrogens (tertiary/aromatic N) is 3. The van der Waals surface area contributed by atoms with E-state index in [9.17, 15) is 9.18 Å². The lowest BCUT2D eigenvalue weighted by Gasteiger charge is -2.15. The maximum atomic E-state index is 13.2. The average Bonchev–Trinajstić information content (AvgIpc) is 2.56. The molecule has 0 radical (unpaired) electrons. The summed E-state index contributed by atoms with van der Waals surface area (Å²) in [6.45, 7) is 2.17. The van der Waals surface area contributed by atoms with Crippen LogP contribution in [0.15, 0.2) is 18.2 Å². The number of rotatable bonds is 2. The Bertz CT molecular complexity index is 578. The molecule has 0 atom stereocenters. The second-order valence-corrected chi connectivity index (χ2v) is 3.69. The number of amides is 2. The molecule has 0 aliphatic carbocycles. The van der Waals surface area contributed by atoms with Gasteiger partial charge in [-0.3, -0.25) is 9.58 Å². The topological polar surface area (TPSA) is 64.2 Å². The third-order valence-electron chi connectivity index (χ3n) is 2.63. The molecule has 0 saturated heterocycles. The van der Waals surface area contributed by atoms with Gasteiger partial charge in [-0.05, 0) is 25.1 Å². The normalized spacial score (nSPS) is 10.8. The number of aromatic nitrogens is 2. The van der Waals surface area contributed by atoms with Crippen LogP contribution in [-0.4, -0.2) is 22.4 Å². The molecule has 0 fully saturated rings. The van der Waals surface area contributed by atoms with Crippen LogP contribution < -0.4 is 10.6 Å². The van der Waals surface area contributed by atoms with Crippen LogP contribution in [0.2, 0.25) is 0 Å². The zero-order valence-electron chi connectivity index (χ0n) is 9.64. The van der Waals surface area contributed by atoms with Crippen molar-refractivity contribution in [2.45, 2.75) is 6.92 Å². The number of nitrogens with two attached hydrogens (primary N) is 1. The number of hydrogen-bond acceptors (Lipinski definition) is 2. The third-order valence-corrected chi connectivity index (χ3v) is 2.63. The molecule has 0 bridgehead atoms. The zero-order chi connectivity index (χ0) is 12.6. The first-order chi connectivity index (χ1) is 8.04. The van der Waals surface area contributed by atoms with Gasteiger partial charge in [-0.2, -0.15) is 5.10 Å². The summed E-state index contributed by atoms with van der Waals surface area (Å²) >= 11 is 0. The second kappa shape index (κ2) is 4.04. The van der Waals surface area contributed by atoms with Crippen LogP contribution in [-0.2, 0) is 7.05 Å². The van der Waals surface area contributed by atoms with Crippen molar-refractivity contribution < 1.29 is 9.18 Å². The number of benzene rings is 1. The highest BCUT2D eigenvalue weighted by molar-refractivity contribution is 6.00. The minimum absolute atomic E-state index is 0.368. The highest BCUT2D eigenvalue weighted by atomic mass is 19.1. The lowest BCUT2D eigenvalue weighted by Crippen LogP contribution is -2.35. The van der Waals surface area contributed by atoms with E-state index in [0.717, 1.165) is 5.52 Å². The summed E-state index contributed by atoms with van der Waals surface area (Å²) in [6, 6.07) is 3.73. The van der Waals surface area contributed by atoms with E-state index in [1.54, 1.807) is 24.7 Å². The molecule has 0 aliphatic rings. The van der Waals surface area contributed by atoms with E-state index in [2.05, 4.69) is 5.10 Å². The Morgan fingerprint density at radius 1 is 1.59 bits per heavy atom. The first-order valence-electron chi connectivity index (χ1n) is 5.23. The van der Waals surface area contributed by atoms with Gasteiger partial charge in [0.25, 0.3) is 0 Å². The minimum atomic E-state index is -0.600. The number of primary amides is 1. The first-order valence-corrected chi connectivity index (χ1v) is 5.23. The highest BCUT2D eigenvalue weighted by Crippen LogP contribution is 2.26. The smallest absolute Gasteiger partial charge is 0.320 e. The quantitative estimate of drug-likeness (QED) is 0.861. The Morgan fingerprint density at radius 3 is 2.88 bits per heavy atom. The van der Waals surface area contributed by atoms with E-state index in [0.29, 0.717) is 17.7 Å². The highest BCUT2D eigenvalue weighted by Gasteiger charge is 2.18. The fourth-order valence-electron chi connectivity index (χ4n) is 1.83. The minimum Gasteiger partial charge on any atom is -0.351 e. The SMILES string of the molecule is CCN(C(N)=O)c1nn(C)c2ccc(F)cc12. The van der Waals surface area contributed by atoms with Gasteiger partial charge in [0.05, 0.1) is 5.52 Å². The van der Waals surface area contributed by atoms with E-state index >= 15 is 0 Å². The molecule has 2 amide bonds. The maximum absolute atomic E-state index is 13.2. The van der Waals surface area contributed by atoms with Crippen molar-refractivity contribution in [3.63, 3.8) is 0 Å². The molecule has 6 heteroatoms. The Morgan fingerprint density at radius 2 is 2.29 bits per heavy atom. The van der Waals surface area contributed by atoms with Gasteiger partial charge in [0.2, 0.25) is 0 Å².